The van der Waals surface area contributed by atoms with Crippen LogP contribution in [0.4, 0.5) is 0 Å². The first-order chi connectivity index (χ1) is 7.24. The molecular formula is C10H9BrN2O2. The van der Waals surface area contributed by atoms with Gasteiger partial charge in [0.1, 0.15) is 0 Å². The number of hydrogen-bond acceptors (Lipinski definition) is 3. The third kappa shape index (κ3) is 1.87. The summed E-state index contributed by atoms with van der Waals surface area (Å²) in [5, 5.41) is 0.773. The minimum atomic E-state index is -0.452. The van der Waals surface area contributed by atoms with Gasteiger partial charge in [0, 0.05) is 5.33 Å². The van der Waals surface area contributed by atoms with Gasteiger partial charge in [-0.05, 0) is 17.7 Å². The Bertz CT molecular complexity index is 507. The lowest BCUT2D eigenvalue weighted by molar-refractivity contribution is 0.0588. The Morgan fingerprint density at radius 1 is 1.60 bits per heavy atom. The summed E-state index contributed by atoms with van der Waals surface area (Å²) in [5.41, 5.74) is 2.73. The zero-order valence-corrected chi connectivity index (χ0v) is 9.67. The molecule has 5 heteroatoms. The van der Waals surface area contributed by atoms with Crippen molar-refractivity contribution >= 4 is 32.9 Å². The molecular weight excluding hydrogens is 260 g/mol. The van der Waals surface area contributed by atoms with Gasteiger partial charge in [-0.25, -0.2) is 9.78 Å². The van der Waals surface area contributed by atoms with Gasteiger partial charge in [0.05, 0.1) is 18.1 Å². The number of alkyl halides is 1. The highest BCUT2D eigenvalue weighted by molar-refractivity contribution is 9.08. The molecule has 0 amide bonds. The van der Waals surface area contributed by atoms with Gasteiger partial charge in [0.15, 0.2) is 0 Å². The summed E-state index contributed by atoms with van der Waals surface area (Å²) in [5.74, 6) is -0.217. The number of rotatable bonds is 2. The highest BCUT2D eigenvalue weighted by atomic mass is 79.9. The van der Waals surface area contributed by atoms with Gasteiger partial charge in [-0.3, -0.25) is 0 Å². The first kappa shape index (κ1) is 10.2. The molecule has 0 atom stereocenters. The predicted octanol–water partition coefficient (Wildman–Crippen LogP) is 2.24. The monoisotopic (exact) mass is 268 g/mol. The molecule has 1 N–H and O–H groups in total. The topological polar surface area (TPSA) is 55.0 Å². The zero-order valence-electron chi connectivity index (χ0n) is 8.08. The molecule has 0 bridgehead atoms. The van der Waals surface area contributed by atoms with Crippen molar-refractivity contribution < 1.29 is 9.53 Å². The molecule has 4 nitrogen and oxygen atoms in total. The number of fused-ring (bicyclic) bond motifs is 1. The summed E-state index contributed by atoms with van der Waals surface area (Å²) in [4.78, 5) is 18.2. The number of nitrogens with zero attached hydrogens (tertiary/aromatic N) is 1. The van der Waals surface area contributed by atoms with Gasteiger partial charge < -0.3 is 9.72 Å². The fraction of sp³-hybridized carbons (Fsp3) is 0.200. The molecule has 0 saturated heterocycles. The van der Waals surface area contributed by atoms with Crippen LogP contribution < -0.4 is 0 Å². The highest BCUT2D eigenvalue weighted by Crippen LogP contribution is 2.15. The van der Waals surface area contributed by atoms with Crippen LogP contribution in [0.2, 0.25) is 0 Å². The van der Waals surface area contributed by atoms with Crippen LogP contribution in [0, 0.1) is 0 Å². The van der Waals surface area contributed by atoms with E-state index in [2.05, 4.69) is 30.6 Å². The molecule has 1 aromatic heterocycles. The highest BCUT2D eigenvalue weighted by Gasteiger charge is 2.11. The van der Waals surface area contributed by atoms with Crippen molar-refractivity contribution in [3.63, 3.8) is 0 Å². The SMILES string of the molecule is COC(=O)c1nc2ccc(CBr)cc2[nH]1. The number of esters is 1. The number of hydrogen-bond donors (Lipinski definition) is 1. The number of ether oxygens (including phenoxy) is 1. The summed E-state index contributed by atoms with van der Waals surface area (Å²) in [6.07, 6.45) is 0. The van der Waals surface area contributed by atoms with Crippen LogP contribution in [-0.4, -0.2) is 23.0 Å². The van der Waals surface area contributed by atoms with Crippen LogP contribution >= 0.6 is 15.9 Å². The summed E-state index contributed by atoms with van der Waals surface area (Å²) >= 11 is 3.37. The lowest BCUT2D eigenvalue weighted by atomic mass is 10.2. The lowest BCUT2D eigenvalue weighted by Gasteiger charge is -1.93. The molecule has 15 heavy (non-hydrogen) atoms. The Balaban J connectivity index is 2.51. The molecule has 0 fully saturated rings. The van der Waals surface area contributed by atoms with E-state index < -0.39 is 5.97 Å². The fourth-order valence-electron chi connectivity index (χ4n) is 1.33. The van der Waals surface area contributed by atoms with Gasteiger partial charge in [0.25, 0.3) is 0 Å². The van der Waals surface area contributed by atoms with Crippen LogP contribution in [0.25, 0.3) is 11.0 Å². The standard InChI is InChI=1S/C10H9BrN2O2/c1-15-10(14)9-12-7-3-2-6(5-11)4-8(7)13-9/h2-4H,5H2,1H3,(H,12,13). The van der Waals surface area contributed by atoms with Crippen LogP contribution in [0.5, 0.6) is 0 Å². The maximum absolute atomic E-state index is 11.2. The van der Waals surface area contributed by atoms with E-state index in [0.717, 1.165) is 21.9 Å². The van der Waals surface area contributed by atoms with Gasteiger partial charge in [-0.2, -0.15) is 0 Å². The molecule has 0 aliphatic rings. The smallest absolute Gasteiger partial charge is 0.374 e. The average Bonchev–Trinajstić information content (AvgIpc) is 2.70. The molecule has 0 aliphatic carbocycles. The molecule has 78 valence electrons. The predicted molar refractivity (Wildman–Crippen MR) is 60.1 cm³/mol. The van der Waals surface area contributed by atoms with Crippen molar-refractivity contribution in [2.24, 2.45) is 0 Å². The largest absolute Gasteiger partial charge is 0.463 e. The van der Waals surface area contributed by atoms with E-state index >= 15 is 0 Å². The van der Waals surface area contributed by atoms with Gasteiger partial charge >= 0.3 is 5.97 Å². The second-order valence-electron chi connectivity index (χ2n) is 3.06. The Morgan fingerprint density at radius 3 is 3.07 bits per heavy atom. The van der Waals surface area contributed by atoms with E-state index in [4.69, 9.17) is 0 Å². The number of carbonyl (C=O) groups is 1. The van der Waals surface area contributed by atoms with Crippen molar-refractivity contribution in [2.45, 2.75) is 5.33 Å². The summed E-state index contributed by atoms with van der Waals surface area (Å²) < 4.78 is 4.58. The molecule has 1 heterocycles. The number of H-pyrrole nitrogens is 1. The minimum absolute atomic E-state index is 0.235. The van der Waals surface area contributed by atoms with E-state index in [0.29, 0.717) is 0 Å². The van der Waals surface area contributed by atoms with E-state index in [-0.39, 0.29) is 5.82 Å². The van der Waals surface area contributed by atoms with E-state index in [1.165, 1.54) is 7.11 Å². The number of halogens is 1. The minimum Gasteiger partial charge on any atom is -0.463 e. The number of methoxy groups -OCH3 is 1. The van der Waals surface area contributed by atoms with Crippen LogP contribution in [0.3, 0.4) is 0 Å². The van der Waals surface area contributed by atoms with Crippen molar-refractivity contribution in [2.75, 3.05) is 7.11 Å². The molecule has 1 aromatic carbocycles. The van der Waals surface area contributed by atoms with E-state index in [9.17, 15) is 4.79 Å². The number of aromatic nitrogens is 2. The maximum Gasteiger partial charge on any atom is 0.374 e. The van der Waals surface area contributed by atoms with Crippen molar-refractivity contribution in [1.82, 2.24) is 9.97 Å². The lowest BCUT2D eigenvalue weighted by Crippen LogP contribution is -2.02. The van der Waals surface area contributed by atoms with Crippen LogP contribution in [-0.2, 0) is 10.1 Å². The number of aromatic amines is 1. The second kappa shape index (κ2) is 4.02. The van der Waals surface area contributed by atoms with E-state index in [1.54, 1.807) is 0 Å². The van der Waals surface area contributed by atoms with Gasteiger partial charge in [-0.1, -0.05) is 22.0 Å². The number of nitrogens with one attached hydrogen (secondary N) is 1. The van der Waals surface area contributed by atoms with Gasteiger partial charge in [0.2, 0.25) is 5.82 Å². The number of carbonyl (C=O) groups excluding carboxylic acids is 1. The molecule has 2 rings (SSSR count). The summed E-state index contributed by atoms with van der Waals surface area (Å²) in [6.45, 7) is 0. The van der Waals surface area contributed by atoms with Crippen LogP contribution in [0.1, 0.15) is 16.2 Å². The fourth-order valence-corrected chi connectivity index (χ4v) is 1.68. The van der Waals surface area contributed by atoms with Crippen molar-refractivity contribution in [3.05, 3.63) is 29.6 Å². The van der Waals surface area contributed by atoms with Gasteiger partial charge in [-0.15, -0.1) is 0 Å². The van der Waals surface area contributed by atoms with Crippen molar-refractivity contribution in [3.8, 4) is 0 Å². The normalized spacial score (nSPS) is 10.5. The average molecular weight is 269 g/mol. The number of benzene rings is 1. The molecule has 0 radical (unpaired) electrons. The molecule has 2 aromatic rings. The van der Waals surface area contributed by atoms with Crippen molar-refractivity contribution in [1.29, 1.82) is 0 Å². The van der Waals surface area contributed by atoms with E-state index in [1.807, 2.05) is 18.2 Å². The summed E-state index contributed by atoms with van der Waals surface area (Å²) in [6, 6.07) is 5.78. The molecule has 0 spiro atoms. The number of imidazole rings is 1. The molecule has 0 aliphatic heterocycles. The second-order valence-corrected chi connectivity index (χ2v) is 3.62. The third-order valence-corrected chi connectivity index (χ3v) is 2.73. The quantitative estimate of drug-likeness (QED) is 0.672. The summed E-state index contributed by atoms with van der Waals surface area (Å²) in [7, 11) is 1.33. The Labute approximate surface area is 94.8 Å². The Kier molecular flexibility index (Phi) is 2.73. The first-order valence-electron chi connectivity index (χ1n) is 4.37. The maximum atomic E-state index is 11.2. The Hall–Kier alpha value is -1.36. The molecule has 0 saturated carbocycles. The third-order valence-electron chi connectivity index (χ3n) is 2.08. The Morgan fingerprint density at radius 2 is 2.40 bits per heavy atom. The first-order valence-corrected chi connectivity index (χ1v) is 5.49. The zero-order chi connectivity index (χ0) is 10.8. The molecule has 0 unspecified atom stereocenters. The van der Waals surface area contributed by atoms with Crippen LogP contribution in [0.15, 0.2) is 18.2 Å².